The fraction of sp³-hybridized carbons (Fsp3) is 0.154. The van der Waals surface area contributed by atoms with Crippen LogP contribution in [0.4, 0.5) is 0 Å². The third-order valence-electron chi connectivity index (χ3n) is 2.89. The van der Waals surface area contributed by atoms with Gasteiger partial charge in [0.2, 0.25) is 0 Å². The number of rotatable bonds is 2. The summed E-state index contributed by atoms with van der Waals surface area (Å²) >= 11 is 2.99. The average molecular weight is 274 g/mol. The highest BCUT2D eigenvalue weighted by molar-refractivity contribution is 7.99. The van der Waals surface area contributed by atoms with Gasteiger partial charge in [0.25, 0.3) is 0 Å². The van der Waals surface area contributed by atoms with Crippen LogP contribution in [0.3, 0.4) is 0 Å². The number of carbonyl (C=O) groups is 1. The van der Waals surface area contributed by atoms with E-state index in [4.69, 9.17) is 0 Å². The van der Waals surface area contributed by atoms with Crippen LogP contribution in [0.1, 0.15) is 15.9 Å². The van der Waals surface area contributed by atoms with E-state index in [1.807, 2.05) is 36.8 Å². The van der Waals surface area contributed by atoms with Gasteiger partial charge in [-0.15, -0.1) is 11.8 Å². The van der Waals surface area contributed by atoms with Crippen molar-refractivity contribution >= 4 is 29.3 Å². The minimum absolute atomic E-state index is 0.0394. The van der Waals surface area contributed by atoms with Gasteiger partial charge in [0.1, 0.15) is 5.03 Å². The minimum Gasteiger partial charge on any atom is -0.288 e. The first-order valence-corrected chi connectivity index (χ1v) is 7.85. The predicted molar refractivity (Wildman–Crippen MR) is 74.5 cm³/mol. The van der Waals surface area contributed by atoms with E-state index in [-0.39, 0.29) is 5.78 Å². The zero-order valence-corrected chi connectivity index (χ0v) is 11.6. The fourth-order valence-corrected chi connectivity index (χ4v) is 3.08. The van der Waals surface area contributed by atoms with Gasteiger partial charge in [0.15, 0.2) is 10.9 Å². The van der Waals surface area contributed by atoms with E-state index in [9.17, 15) is 4.79 Å². The number of nitrogens with zero attached hydrogens (tertiary/aromatic N) is 2. The lowest BCUT2D eigenvalue weighted by atomic mass is 10.1. The van der Waals surface area contributed by atoms with Crippen LogP contribution in [0.25, 0.3) is 11.3 Å². The lowest BCUT2D eigenvalue weighted by Crippen LogP contribution is -2.01. The molecule has 1 aromatic heterocycles. The Kier molecular flexibility index (Phi) is 2.87. The average Bonchev–Trinajstić information content (AvgIpc) is 2.72. The largest absolute Gasteiger partial charge is 0.288 e. The third kappa shape index (κ3) is 1.58. The topological polar surface area (TPSA) is 42.9 Å². The molecule has 3 nitrogen and oxygen atoms in total. The number of fused-ring (bicyclic) bond motifs is 3. The molecule has 1 aromatic carbocycles. The minimum atomic E-state index is 0.0394. The summed E-state index contributed by atoms with van der Waals surface area (Å²) < 4.78 is 0. The quantitative estimate of drug-likeness (QED) is 0.408. The number of hydrogen-bond acceptors (Lipinski definition) is 5. The van der Waals surface area contributed by atoms with Crippen molar-refractivity contribution in [2.45, 2.75) is 10.2 Å². The Balaban J connectivity index is 2.34. The van der Waals surface area contributed by atoms with E-state index in [1.165, 1.54) is 23.5 Å². The predicted octanol–water partition coefficient (Wildman–Crippen LogP) is 3.13. The zero-order chi connectivity index (χ0) is 12.7. The molecule has 1 aliphatic carbocycles. The van der Waals surface area contributed by atoms with Crippen molar-refractivity contribution in [3.63, 3.8) is 0 Å². The lowest BCUT2D eigenvalue weighted by Gasteiger charge is -2.05. The first kappa shape index (κ1) is 11.7. The summed E-state index contributed by atoms with van der Waals surface area (Å²) in [4.78, 5) is 21.3. The van der Waals surface area contributed by atoms with Crippen molar-refractivity contribution < 1.29 is 4.79 Å². The van der Waals surface area contributed by atoms with Gasteiger partial charge in [0, 0.05) is 11.1 Å². The molecule has 0 bridgehead atoms. The standard InChI is InChI=1S/C13H10N2OS2/c1-17-12-9-10(14-13(15-12)18-2)7-5-3-4-6-8(7)11(9)16/h3-6H,1-2H3. The maximum absolute atomic E-state index is 12.4. The molecule has 0 saturated heterocycles. The van der Waals surface area contributed by atoms with Crippen LogP contribution >= 0.6 is 23.5 Å². The normalized spacial score (nSPS) is 12.4. The number of carbonyl (C=O) groups excluding carboxylic acids is 1. The molecule has 0 radical (unpaired) electrons. The number of thioether (sulfide) groups is 2. The van der Waals surface area contributed by atoms with Crippen molar-refractivity contribution in [3.05, 3.63) is 35.4 Å². The third-order valence-corrected chi connectivity index (χ3v) is 4.11. The number of aromatic nitrogens is 2. The Morgan fingerprint density at radius 2 is 1.72 bits per heavy atom. The lowest BCUT2D eigenvalue weighted by molar-refractivity contribution is 0.104. The highest BCUT2D eigenvalue weighted by Gasteiger charge is 2.31. The van der Waals surface area contributed by atoms with Gasteiger partial charge in [-0.1, -0.05) is 36.0 Å². The molecule has 90 valence electrons. The summed E-state index contributed by atoms with van der Waals surface area (Å²) in [5, 5.41) is 1.48. The molecule has 5 heteroatoms. The van der Waals surface area contributed by atoms with Crippen LogP contribution in [0.15, 0.2) is 34.4 Å². The van der Waals surface area contributed by atoms with Gasteiger partial charge in [-0.3, -0.25) is 4.79 Å². The summed E-state index contributed by atoms with van der Waals surface area (Å²) in [7, 11) is 0. The molecule has 0 unspecified atom stereocenters. The molecule has 3 rings (SSSR count). The molecule has 0 spiro atoms. The highest BCUT2D eigenvalue weighted by Crippen LogP contribution is 2.39. The van der Waals surface area contributed by atoms with Crippen LogP contribution in [0, 0.1) is 0 Å². The van der Waals surface area contributed by atoms with E-state index in [0.29, 0.717) is 10.7 Å². The molecule has 1 heterocycles. The highest BCUT2D eigenvalue weighted by atomic mass is 32.2. The second kappa shape index (κ2) is 4.40. The molecule has 2 aromatic rings. The van der Waals surface area contributed by atoms with E-state index in [1.54, 1.807) is 0 Å². The summed E-state index contributed by atoms with van der Waals surface area (Å²) in [6.07, 6.45) is 3.87. The zero-order valence-electron chi connectivity index (χ0n) is 9.93. The van der Waals surface area contributed by atoms with Gasteiger partial charge in [-0.05, 0) is 12.5 Å². The van der Waals surface area contributed by atoms with Crippen molar-refractivity contribution in [1.29, 1.82) is 0 Å². The Bertz CT molecular complexity index is 655. The van der Waals surface area contributed by atoms with E-state index in [2.05, 4.69) is 9.97 Å². The van der Waals surface area contributed by atoms with Crippen LogP contribution in [0.5, 0.6) is 0 Å². The Hall–Kier alpha value is -1.33. The maximum Gasteiger partial charge on any atom is 0.198 e. The molecule has 0 atom stereocenters. The van der Waals surface area contributed by atoms with Gasteiger partial charge in [-0.25, -0.2) is 9.97 Å². The Morgan fingerprint density at radius 3 is 2.39 bits per heavy atom. The van der Waals surface area contributed by atoms with E-state index in [0.717, 1.165) is 21.8 Å². The Morgan fingerprint density at radius 1 is 1.00 bits per heavy atom. The second-order valence-electron chi connectivity index (χ2n) is 3.82. The molecule has 0 saturated carbocycles. The van der Waals surface area contributed by atoms with Crippen LogP contribution in [-0.2, 0) is 0 Å². The second-order valence-corrected chi connectivity index (χ2v) is 5.39. The van der Waals surface area contributed by atoms with Gasteiger partial charge < -0.3 is 0 Å². The molecule has 0 aliphatic heterocycles. The van der Waals surface area contributed by atoms with Crippen molar-refractivity contribution in [1.82, 2.24) is 9.97 Å². The fourth-order valence-electron chi connectivity index (χ4n) is 2.08. The molecule has 1 aliphatic rings. The molecular weight excluding hydrogens is 264 g/mol. The Labute approximate surface area is 113 Å². The van der Waals surface area contributed by atoms with Crippen LogP contribution in [-0.4, -0.2) is 28.3 Å². The van der Waals surface area contributed by atoms with E-state index < -0.39 is 0 Å². The van der Waals surface area contributed by atoms with Gasteiger partial charge in [0.05, 0.1) is 11.3 Å². The molecular formula is C13H10N2OS2. The maximum atomic E-state index is 12.4. The molecule has 0 N–H and O–H groups in total. The van der Waals surface area contributed by atoms with Crippen LogP contribution in [0.2, 0.25) is 0 Å². The van der Waals surface area contributed by atoms with Crippen molar-refractivity contribution in [2.24, 2.45) is 0 Å². The first-order chi connectivity index (χ1) is 8.76. The number of ketones is 1. The van der Waals surface area contributed by atoms with Crippen LogP contribution < -0.4 is 0 Å². The smallest absolute Gasteiger partial charge is 0.198 e. The number of hydrogen-bond donors (Lipinski definition) is 0. The van der Waals surface area contributed by atoms with Gasteiger partial charge in [-0.2, -0.15) is 0 Å². The van der Waals surface area contributed by atoms with Crippen molar-refractivity contribution in [3.8, 4) is 11.3 Å². The van der Waals surface area contributed by atoms with E-state index >= 15 is 0 Å². The molecule has 0 fully saturated rings. The molecule has 0 amide bonds. The summed E-state index contributed by atoms with van der Waals surface area (Å²) in [5.74, 6) is 0.0394. The van der Waals surface area contributed by atoms with Gasteiger partial charge >= 0.3 is 0 Å². The SMILES string of the molecule is CSc1nc(SC)c2c(n1)-c1ccccc1C2=O. The summed E-state index contributed by atoms with van der Waals surface area (Å²) in [6.45, 7) is 0. The molecule has 18 heavy (non-hydrogen) atoms. The first-order valence-electron chi connectivity index (χ1n) is 5.40. The van der Waals surface area contributed by atoms with Crippen molar-refractivity contribution in [2.75, 3.05) is 12.5 Å². The monoisotopic (exact) mass is 274 g/mol. The summed E-state index contributed by atoms with van der Waals surface area (Å²) in [5.41, 5.74) is 3.08. The summed E-state index contributed by atoms with van der Waals surface area (Å²) in [6, 6.07) is 7.60. The number of benzene rings is 1.